The molecule has 1 aromatic heterocycles. The Morgan fingerprint density at radius 3 is 2.86 bits per heavy atom. The van der Waals surface area contributed by atoms with Crippen molar-refractivity contribution in [1.29, 1.82) is 0 Å². The van der Waals surface area contributed by atoms with E-state index in [0.29, 0.717) is 16.5 Å². The number of fused-ring (bicyclic) bond motifs is 1. The van der Waals surface area contributed by atoms with E-state index in [1.165, 1.54) is 23.5 Å². The first-order valence-electron chi connectivity index (χ1n) is 8.88. The van der Waals surface area contributed by atoms with Crippen molar-refractivity contribution >= 4 is 45.5 Å². The van der Waals surface area contributed by atoms with E-state index in [9.17, 15) is 19.7 Å². The van der Waals surface area contributed by atoms with Gasteiger partial charge < -0.3 is 10.1 Å². The lowest BCUT2D eigenvalue weighted by molar-refractivity contribution is -0.384. The minimum atomic E-state index is -0.644. The molecule has 1 aromatic carbocycles. The summed E-state index contributed by atoms with van der Waals surface area (Å²) in [6.45, 7) is 4.11. The van der Waals surface area contributed by atoms with Crippen molar-refractivity contribution in [2.75, 3.05) is 11.9 Å². The normalized spacial score (nSPS) is 15.6. The van der Waals surface area contributed by atoms with Crippen LogP contribution in [0.15, 0.2) is 18.2 Å². The Kier molecular flexibility index (Phi) is 6.00. The number of nitro benzene ring substituents is 1. The fourth-order valence-electron chi connectivity index (χ4n) is 3.23. The molecule has 28 heavy (non-hydrogen) atoms. The lowest BCUT2D eigenvalue weighted by atomic mass is 9.88. The molecule has 0 aliphatic heterocycles. The molecule has 0 spiro atoms. The van der Waals surface area contributed by atoms with Gasteiger partial charge in [0.1, 0.15) is 10.0 Å². The molecule has 0 saturated carbocycles. The smallest absolute Gasteiger partial charge is 0.341 e. The highest BCUT2D eigenvalue weighted by molar-refractivity contribution is 7.17. The number of halogens is 1. The van der Waals surface area contributed by atoms with Crippen LogP contribution in [0.25, 0.3) is 0 Å². The third-order valence-corrected chi connectivity index (χ3v) is 6.11. The lowest BCUT2D eigenvalue weighted by Crippen LogP contribution is -2.16. The average Bonchev–Trinajstić information content (AvgIpc) is 2.98. The van der Waals surface area contributed by atoms with E-state index in [-0.39, 0.29) is 22.9 Å². The predicted molar refractivity (Wildman–Crippen MR) is 108 cm³/mol. The van der Waals surface area contributed by atoms with E-state index in [4.69, 9.17) is 16.3 Å². The molecule has 0 bridgehead atoms. The molecule has 1 heterocycles. The van der Waals surface area contributed by atoms with E-state index in [1.54, 1.807) is 6.92 Å². The molecule has 148 valence electrons. The summed E-state index contributed by atoms with van der Waals surface area (Å²) in [5.74, 6) is -0.507. The minimum Gasteiger partial charge on any atom is -0.462 e. The van der Waals surface area contributed by atoms with Crippen LogP contribution in [0.3, 0.4) is 0 Å². The number of carbonyl (C=O) groups excluding carboxylic acids is 2. The van der Waals surface area contributed by atoms with E-state index in [0.717, 1.165) is 35.8 Å². The van der Waals surface area contributed by atoms with Crippen LogP contribution in [0.2, 0.25) is 5.02 Å². The standard InChI is InChI=1S/C19H19ClN2O5S/c1-3-27-19(24)16-12-6-4-10(2)8-15(12)28-18(16)21-17(23)11-5-7-13(20)14(9-11)22(25)26/h5,7,9-10H,3-4,6,8H2,1-2H3,(H,21,23)/t10-/m0/s1. The number of carbonyl (C=O) groups is 2. The van der Waals surface area contributed by atoms with Crippen LogP contribution in [0, 0.1) is 16.0 Å². The van der Waals surface area contributed by atoms with Crippen LogP contribution >= 0.6 is 22.9 Å². The number of amides is 1. The van der Waals surface area contributed by atoms with Crippen LogP contribution in [-0.4, -0.2) is 23.4 Å². The second-order valence-electron chi connectivity index (χ2n) is 6.65. The molecule has 2 aromatic rings. The highest BCUT2D eigenvalue weighted by Gasteiger charge is 2.29. The van der Waals surface area contributed by atoms with Crippen molar-refractivity contribution in [2.24, 2.45) is 5.92 Å². The number of nitrogens with zero attached hydrogens (tertiary/aromatic N) is 1. The summed E-state index contributed by atoms with van der Waals surface area (Å²) in [5.41, 5.74) is 1.06. The highest BCUT2D eigenvalue weighted by Crippen LogP contribution is 2.40. The van der Waals surface area contributed by atoms with Crippen LogP contribution in [0.4, 0.5) is 10.7 Å². The Labute approximate surface area is 170 Å². The first kappa shape index (κ1) is 20.3. The maximum Gasteiger partial charge on any atom is 0.341 e. The summed E-state index contributed by atoms with van der Waals surface area (Å²) >= 11 is 7.17. The van der Waals surface area contributed by atoms with Gasteiger partial charge in [-0.3, -0.25) is 14.9 Å². The van der Waals surface area contributed by atoms with Crippen molar-refractivity contribution in [2.45, 2.75) is 33.1 Å². The molecule has 3 rings (SSSR count). The van der Waals surface area contributed by atoms with E-state index >= 15 is 0 Å². The summed E-state index contributed by atoms with van der Waals surface area (Å²) in [6, 6.07) is 3.84. The summed E-state index contributed by atoms with van der Waals surface area (Å²) < 4.78 is 5.18. The SMILES string of the molecule is CCOC(=O)c1c(NC(=O)c2ccc(Cl)c([N+](=O)[O-])c2)sc2c1CC[C@H](C)C2. The number of esters is 1. The third-order valence-electron chi connectivity index (χ3n) is 4.62. The number of anilines is 1. The predicted octanol–water partition coefficient (Wildman–Crippen LogP) is 4.86. The Balaban J connectivity index is 1.95. The number of ether oxygens (including phenoxy) is 1. The van der Waals surface area contributed by atoms with Gasteiger partial charge in [-0.05, 0) is 49.8 Å². The van der Waals surface area contributed by atoms with Crippen LogP contribution in [-0.2, 0) is 17.6 Å². The summed E-state index contributed by atoms with van der Waals surface area (Å²) in [7, 11) is 0. The van der Waals surface area contributed by atoms with Crippen molar-refractivity contribution in [3.05, 3.63) is 54.9 Å². The van der Waals surface area contributed by atoms with Gasteiger partial charge in [-0.1, -0.05) is 18.5 Å². The Morgan fingerprint density at radius 2 is 2.18 bits per heavy atom. The zero-order valence-electron chi connectivity index (χ0n) is 15.4. The summed E-state index contributed by atoms with van der Waals surface area (Å²) in [4.78, 5) is 36.7. The van der Waals surface area contributed by atoms with Gasteiger partial charge in [0.25, 0.3) is 11.6 Å². The Morgan fingerprint density at radius 1 is 1.43 bits per heavy atom. The number of hydrogen-bond acceptors (Lipinski definition) is 6. The zero-order chi connectivity index (χ0) is 20.4. The van der Waals surface area contributed by atoms with Gasteiger partial charge in [0.2, 0.25) is 0 Å². The molecule has 7 nitrogen and oxygen atoms in total. The number of benzene rings is 1. The quantitative estimate of drug-likeness (QED) is 0.421. The molecule has 1 N–H and O–H groups in total. The zero-order valence-corrected chi connectivity index (χ0v) is 17.0. The molecule has 1 amide bonds. The van der Waals surface area contributed by atoms with Gasteiger partial charge in [0.05, 0.1) is 17.1 Å². The van der Waals surface area contributed by atoms with Gasteiger partial charge in [-0.15, -0.1) is 11.3 Å². The summed E-state index contributed by atoms with van der Waals surface area (Å²) in [6.07, 6.45) is 2.56. The van der Waals surface area contributed by atoms with Gasteiger partial charge in [0.15, 0.2) is 0 Å². The number of rotatable bonds is 5. The molecule has 0 radical (unpaired) electrons. The van der Waals surface area contributed by atoms with E-state index < -0.39 is 16.8 Å². The number of nitrogens with one attached hydrogen (secondary N) is 1. The average molecular weight is 423 g/mol. The molecule has 0 unspecified atom stereocenters. The molecular weight excluding hydrogens is 404 g/mol. The van der Waals surface area contributed by atoms with Gasteiger partial charge in [-0.2, -0.15) is 0 Å². The fourth-order valence-corrected chi connectivity index (χ4v) is 4.81. The minimum absolute atomic E-state index is 0.0469. The molecule has 1 atom stereocenters. The second kappa shape index (κ2) is 8.28. The number of thiophene rings is 1. The summed E-state index contributed by atoms with van der Waals surface area (Å²) in [5, 5.41) is 14.2. The number of nitro groups is 1. The third kappa shape index (κ3) is 4.02. The second-order valence-corrected chi connectivity index (χ2v) is 8.17. The first-order valence-corrected chi connectivity index (χ1v) is 10.1. The molecule has 9 heteroatoms. The van der Waals surface area contributed by atoms with Gasteiger partial charge in [-0.25, -0.2) is 4.79 Å². The van der Waals surface area contributed by atoms with Crippen molar-refractivity contribution in [3.8, 4) is 0 Å². The lowest BCUT2D eigenvalue weighted by Gasteiger charge is -2.18. The topological polar surface area (TPSA) is 98.5 Å². The van der Waals surface area contributed by atoms with Crippen molar-refractivity contribution in [3.63, 3.8) is 0 Å². The molecule has 0 fully saturated rings. The molecular formula is C19H19ClN2O5S. The number of hydrogen-bond donors (Lipinski definition) is 1. The molecule has 1 aliphatic rings. The van der Waals surface area contributed by atoms with Crippen LogP contribution in [0.1, 0.15) is 51.4 Å². The van der Waals surface area contributed by atoms with Crippen LogP contribution < -0.4 is 5.32 Å². The highest BCUT2D eigenvalue weighted by atomic mass is 35.5. The maximum absolute atomic E-state index is 12.7. The monoisotopic (exact) mass is 422 g/mol. The largest absolute Gasteiger partial charge is 0.462 e. The fraction of sp³-hybridized carbons (Fsp3) is 0.368. The van der Waals surface area contributed by atoms with Crippen molar-refractivity contribution in [1.82, 2.24) is 0 Å². The van der Waals surface area contributed by atoms with E-state index in [2.05, 4.69) is 12.2 Å². The first-order chi connectivity index (χ1) is 13.3. The maximum atomic E-state index is 12.7. The van der Waals surface area contributed by atoms with Gasteiger partial charge in [0, 0.05) is 16.5 Å². The molecule has 0 saturated heterocycles. The van der Waals surface area contributed by atoms with Crippen LogP contribution in [0.5, 0.6) is 0 Å². The Bertz CT molecular complexity index is 956. The Hall–Kier alpha value is -2.45. The molecule has 1 aliphatic carbocycles. The van der Waals surface area contributed by atoms with Gasteiger partial charge >= 0.3 is 5.97 Å². The van der Waals surface area contributed by atoms with E-state index in [1.807, 2.05) is 0 Å². The van der Waals surface area contributed by atoms with Crippen molar-refractivity contribution < 1.29 is 19.2 Å².